The van der Waals surface area contributed by atoms with E-state index in [-0.39, 0.29) is 0 Å². The van der Waals surface area contributed by atoms with E-state index in [1.165, 1.54) is 0 Å². The minimum absolute atomic E-state index is 0.583. The quantitative estimate of drug-likeness (QED) is 0.600. The van der Waals surface area contributed by atoms with Crippen molar-refractivity contribution in [3.8, 4) is 12.3 Å². The van der Waals surface area contributed by atoms with Crippen molar-refractivity contribution in [1.29, 1.82) is 0 Å². The first-order valence-corrected chi connectivity index (χ1v) is 5.82. The summed E-state index contributed by atoms with van der Waals surface area (Å²) in [6.07, 6.45) is 5.13. The van der Waals surface area contributed by atoms with Gasteiger partial charge in [-0.15, -0.1) is 23.3 Å². The number of anilines is 1. The predicted molar refractivity (Wildman–Crippen MR) is 63.9 cm³/mol. The Morgan fingerprint density at radius 3 is 2.80 bits per heavy atom. The molecule has 0 saturated carbocycles. The number of nitrogens with zero attached hydrogens (tertiary/aromatic N) is 3. The van der Waals surface area contributed by atoms with Crippen LogP contribution >= 0.6 is 11.8 Å². The SMILES string of the molecule is C#CCSCCNc1nnc(C)c(C)n1. The zero-order chi connectivity index (χ0) is 11.1. The number of aromatic nitrogens is 3. The Hall–Kier alpha value is -1.28. The van der Waals surface area contributed by atoms with Gasteiger partial charge in [-0.3, -0.25) is 0 Å². The molecule has 1 aromatic rings. The third-order valence-corrected chi connectivity index (χ3v) is 2.67. The van der Waals surface area contributed by atoms with Crippen molar-refractivity contribution < 1.29 is 0 Å². The Morgan fingerprint density at radius 2 is 2.13 bits per heavy atom. The van der Waals surface area contributed by atoms with E-state index in [4.69, 9.17) is 6.42 Å². The highest BCUT2D eigenvalue weighted by Crippen LogP contribution is 2.02. The summed E-state index contributed by atoms with van der Waals surface area (Å²) in [6, 6.07) is 0. The molecule has 0 saturated heterocycles. The third-order valence-electron chi connectivity index (χ3n) is 1.81. The Morgan fingerprint density at radius 1 is 1.33 bits per heavy atom. The minimum Gasteiger partial charge on any atom is -0.352 e. The maximum atomic E-state index is 5.13. The molecule has 0 aliphatic carbocycles. The maximum absolute atomic E-state index is 5.13. The van der Waals surface area contributed by atoms with Gasteiger partial charge < -0.3 is 5.32 Å². The highest BCUT2D eigenvalue weighted by atomic mass is 32.2. The second-order valence-electron chi connectivity index (χ2n) is 2.99. The number of nitrogens with one attached hydrogen (secondary N) is 1. The van der Waals surface area contributed by atoms with Crippen LogP contribution in [-0.2, 0) is 0 Å². The van der Waals surface area contributed by atoms with Crippen LogP contribution in [0.15, 0.2) is 0 Å². The third kappa shape index (κ3) is 4.17. The molecule has 0 aliphatic rings. The molecular weight excluding hydrogens is 208 g/mol. The van der Waals surface area contributed by atoms with Gasteiger partial charge in [0.1, 0.15) is 0 Å². The van der Waals surface area contributed by atoms with Crippen LogP contribution in [0.4, 0.5) is 5.95 Å². The molecule has 0 spiro atoms. The average Bonchev–Trinajstić information content (AvgIpc) is 2.23. The summed E-state index contributed by atoms with van der Waals surface area (Å²) in [6.45, 7) is 4.61. The van der Waals surface area contributed by atoms with Crippen LogP contribution in [0.2, 0.25) is 0 Å². The first kappa shape index (κ1) is 11.8. The van der Waals surface area contributed by atoms with E-state index in [0.29, 0.717) is 5.95 Å². The van der Waals surface area contributed by atoms with Gasteiger partial charge in [-0.2, -0.15) is 5.10 Å². The molecule has 80 valence electrons. The standard InChI is InChI=1S/C10H14N4S/c1-4-6-15-7-5-11-10-12-8(2)9(3)13-14-10/h1H,5-7H2,2-3H3,(H,11,12,14). The maximum Gasteiger partial charge on any atom is 0.242 e. The van der Waals surface area contributed by atoms with Crippen molar-refractivity contribution in [3.63, 3.8) is 0 Å². The lowest BCUT2D eigenvalue weighted by atomic mass is 10.4. The summed E-state index contributed by atoms with van der Waals surface area (Å²) in [5.74, 6) is 4.85. The summed E-state index contributed by atoms with van der Waals surface area (Å²) in [4.78, 5) is 4.26. The lowest BCUT2D eigenvalue weighted by Gasteiger charge is -2.04. The number of hydrogen-bond donors (Lipinski definition) is 1. The average molecular weight is 222 g/mol. The van der Waals surface area contributed by atoms with Crippen molar-refractivity contribution in [1.82, 2.24) is 15.2 Å². The van der Waals surface area contributed by atoms with Crippen LogP contribution in [0.25, 0.3) is 0 Å². The Labute approximate surface area is 94.3 Å². The molecule has 5 heteroatoms. The van der Waals surface area contributed by atoms with E-state index in [0.717, 1.165) is 29.4 Å². The van der Waals surface area contributed by atoms with Gasteiger partial charge in [-0.05, 0) is 13.8 Å². The number of rotatable bonds is 5. The molecular formula is C10H14N4S. The van der Waals surface area contributed by atoms with Gasteiger partial charge in [0.25, 0.3) is 0 Å². The van der Waals surface area contributed by atoms with Gasteiger partial charge in [-0.25, -0.2) is 4.98 Å². The lowest BCUT2D eigenvalue weighted by Crippen LogP contribution is -2.10. The van der Waals surface area contributed by atoms with E-state index < -0.39 is 0 Å². The Balaban J connectivity index is 2.32. The molecule has 1 rings (SSSR count). The number of aryl methyl sites for hydroxylation is 2. The summed E-state index contributed by atoms with van der Waals surface area (Å²) in [5.41, 5.74) is 1.77. The molecule has 4 nitrogen and oxygen atoms in total. The number of hydrogen-bond acceptors (Lipinski definition) is 5. The van der Waals surface area contributed by atoms with Gasteiger partial charge in [0, 0.05) is 12.3 Å². The molecule has 15 heavy (non-hydrogen) atoms. The summed E-state index contributed by atoms with van der Waals surface area (Å²) < 4.78 is 0. The van der Waals surface area contributed by atoms with E-state index in [1.807, 2.05) is 13.8 Å². The number of thioether (sulfide) groups is 1. The summed E-state index contributed by atoms with van der Waals surface area (Å²) >= 11 is 1.71. The molecule has 0 bridgehead atoms. The van der Waals surface area contributed by atoms with Crippen molar-refractivity contribution in [2.45, 2.75) is 13.8 Å². The second-order valence-corrected chi connectivity index (χ2v) is 4.09. The normalized spacial score (nSPS) is 9.67. The number of terminal acetylenes is 1. The summed E-state index contributed by atoms with van der Waals surface area (Å²) in [7, 11) is 0. The van der Waals surface area contributed by atoms with Gasteiger partial charge >= 0.3 is 0 Å². The minimum atomic E-state index is 0.583. The molecule has 1 N–H and O–H groups in total. The fraction of sp³-hybridized carbons (Fsp3) is 0.500. The molecule has 0 aliphatic heterocycles. The predicted octanol–water partition coefficient (Wildman–Crippen LogP) is 1.27. The van der Waals surface area contributed by atoms with Crippen LogP contribution in [0.5, 0.6) is 0 Å². The van der Waals surface area contributed by atoms with Gasteiger partial charge in [-0.1, -0.05) is 5.92 Å². The Kier molecular flexibility index (Phi) is 4.91. The van der Waals surface area contributed by atoms with Crippen LogP contribution in [0, 0.1) is 26.2 Å². The Bertz CT molecular complexity index is 359. The molecule has 0 radical (unpaired) electrons. The molecule has 1 heterocycles. The largest absolute Gasteiger partial charge is 0.352 e. The zero-order valence-electron chi connectivity index (χ0n) is 8.95. The van der Waals surface area contributed by atoms with Gasteiger partial charge in [0.15, 0.2) is 0 Å². The van der Waals surface area contributed by atoms with Crippen molar-refractivity contribution in [2.75, 3.05) is 23.4 Å². The van der Waals surface area contributed by atoms with Crippen molar-refractivity contribution in [3.05, 3.63) is 11.4 Å². The fourth-order valence-corrected chi connectivity index (χ4v) is 1.41. The first-order chi connectivity index (χ1) is 7.24. The first-order valence-electron chi connectivity index (χ1n) is 4.67. The van der Waals surface area contributed by atoms with Crippen molar-refractivity contribution >= 4 is 17.7 Å². The zero-order valence-corrected chi connectivity index (χ0v) is 9.77. The molecule has 0 fully saturated rings. The topological polar surface area (TPSA) is 50.7 Å². The molecule has 0 amide bonds. The highest BCUT2D eigenvalue weighted by molar-refractivity contribution is 7.99. The van der Waals surface area contributed by atoms with E-state index >= 15 is 0 Å². The van der Waals surface area contributed by atoms with Crippen LogP contribution < -0.4 is 5.32 Å². The molecule has 0 aromatic carbocycles. The van der Waals surface area contributed by atoms with Crippen molar-refractivity contribution in [2.24, 2.45) is 0 Å². The van der Waals surface area contributed by atoms with Gasteiger partial charge in [0.2, 0.25) is 5.95 Å². The highest BCUT2D eigenvalue weighted by Gasteiger charge is 1.99. The van der Waals surface area contributed by atoms with E-state index in [2.05, 4.69) is 26.4 Å². The second kappa shape index (κ2) is 6.25. The molecule has 0 atom stereocenters. The smallest absolute Gasteiger partial charge is 0.242 e. The van der Waals surface area contributed by atoms with Crippen LogP contribution in [0.1, 0.15) is 11.4 Å². The molecule has 1 aromatic heterocycles. The van der Waals surface area contributed by atoms with E-state index in [9.17, 15) is 0 Å². The monoisotopic (exact) mass is 222 g/mol. The fourth-order valence-electron chi connectivity index (χ4n) is 0.898. The van der Waals surface area contributed by atoms with E-state index in [1.54, 1.807) is 11.8 Å². The molecule has 0 unspecified atom stereocenters. The lowest BCUT2D eigenvalue weighted by molar-refractivity contribution is 0.891. The van der Waals surface area contributed by atoms with Gasteiger partial charge in [0.05, 0.1) is 17.1 Å². The van der Waals surface area contributed by atoms with Crippen LogP contribution in [0.3, 0.4) is 0 Å². The van der Waals surface area contributed by atoms with Crippen LogP contribution in [-0.4, -0.2) is 33.2 Å². The summed E-state index contributed by atoms with van der Waals surface area (Å²) in [5, 5.41) is 11.0.